The number of rotatable bonds is 11. The van der Waals surface area contributed by atoms with Gasteiger partial charge in [-0.2, -0.15) is 4.98 Å². The van der Waals surface area contributed by atoms with Crippen molar-refractivity contribution in [1.29, 1.82) is 0 Å². The topological polar surface area (TPSA) is 89.7 Å². The van der Waals surface area contributed by atoms with Crippen molar-refractivity contribution in [2.24, 2.45) is 0 Å². The average Bonchev–Trinajstić information content (AvgIpc) is 3.19. The SMILES string of the molecule is C=CCOc1ccc(CN(C)Cc2nc(CC(=O)Nc3ccccc3OC)no2)cc1. The number of carbonyl (C=O) groups is 1. The summed E-state index contributed by atoms with van der Waals surface area (Å²) in [4.78, 5) is 18.7. The smallest absolute Gasteiger partial charge is 0.240 e. The van der Waals surface area contributed by atoms with Gasteiger partial charge in [-0.05, 0) is 36.9 Å². The average molecular weight is 422 g/mol. The van der Waals surface area contributed by atoms with Gasteiger partial charge in [0.15, 0.2) is 5.82 Å². The molecule has 1 heterocycles. The Bertz CT molecular complexity index is 1000. The number of para-hydroxylation sites is 2. The molecule has 0 aliphatic heterocycles. The van der Waals surface area contributed by atoms with E-state index in [2.05, 4.69) is 22.0 Å². The zero-order valence-electron chi connectivity index (χ0n) is 17.7. The molecule has 0 radical (unpaired) electrons. The van der Waals surface area contributed by atoms with Crippen LogP contribution in [0, 0.1) is 0 Å². The van der Waals surface area contributed by atoms with Crippen LogP contribution in [0.3, 0.4) is 0 Å². The molecule has 3 rings (SSSR count). The van der Waals surface area contributed by atoms with E-state index >= 15 is 0 Å². The lowest BCUT2D eigenvalue weighted by Crippen LogP contribution is -2.18. The van der Waals surface area contributed by atoms with Gasteiger partial charge >= 0.3 is 0 Å². The molecule has 0 saturated carbocycles. The Hall–Kier alpha value is -3.65. The van der Waals surface area contributed by atoms with E-state index in [0.717, 1.165) is 11.3 Å². The Morgan fingerprint density at radius 1 is 1.19 bits per heavy atom. The van der Waals surface area contributed by atoms with Crippen molar-refractivity contribution in [3.8, 4) is 11.5 Å². The number of nitrogens with zero attached hydrogens (tertiary/aromatic N) is 3. The van der Waals surface area contributed by atoms with Crippen LogP contribution in [-0.4, -0.2) is 41.7 Å². The van der Waals surface area contributed by atoms with E-state index in [1.807, 2.05) is 48.3 Å². The zero-order valence-corrected chi connectivity index (χ0v) is 17.7. The molecular weight excluding hydrogens is 396 g/mol. The van der Waals surface area contributed by atoms with Crippen LogP contribution in [0.4, 0.5) is 5.69 Å². The fraction of sp³-hybridized carbons (Fsp3) is 0.261. The van der Waals surface area contributed by atoms with Gasteiger partial charge in [0, 0.05) is 6.54 Å². The van der Waals surface area contributed by atoms with Crippen LogP contribution in [0.25, 0.3) is 0 Å². The van der Waals surface area contributed by atoms with Crippen molar-refractivity contribution >= 4 is 11.6 Å². The lowest BCUT2D eigenvalue weighted by atomic mass is 10.2. The van der Waals surface area contributed by atoms with E-state index in [9.17, 15) is 4.79 Å². The van der Waals surface area contributed by atoms with Crippen molar-refractivity contribution in [3.63, 3.8) is 0 Å². The molecule has 0 spiro atoms. The van der Waals surface area contributed by atoms with Crippen molar-refractivity contribution in [3.05, 3.63) is 78.5 Å². The largest absolute Gasteiger partial charge is 0.495 e. The second-order valence-electron chi connectivity index (χ2n) is 6.95. The maximum atomic E-state index is 12.3. The van der Waals surface area contributed by atoms with Gasteiger partial charge in [0.2, 0.25) is 11.8 Å². The fourth-order valence-corrected chi connectivity index (χ4v) is 2.96. The van der Waals surface area contributed by atoms with Crippen molar-refractivity contribution < 1.29 is 18.8 Å². The van der Waals surface area contributed by atoms with Gasteiger partial charge in [0.1, 0.15) is 18.1 Å². The Balaban J connectivity index is 1.49. The number of benzene rings is 2. The molecule has 1 N–H and O–H groups in total. The molecule has 0 bridgehead atoms. The second-order valence-corrected chi connectivity index (χ2v) is 6.95. The molecule has 0 fully saturated rings. The summed E-state index contributed by atoms with van der Waals surface area (Å²) in [5, 5.41) is 6.71. The molecule has 8 heteroatoms. The summed E-state index contributed by atoms with van der Waals surface area (Å²) in [6.45, 7) is 5.29. The number of ether oxygens (including phenoxy) is 2. The Morgan fingerprint density at radius 2 is 1.97 bits per heavy atom. The van der Waals surface area contributed by atoms with Crippen LogP contribution in [-0.2, 0) is 24.3 Å². The highest BCUT2D eigenvalue weighted by molar-refractivity contribution is 5.93. The van der Waals surface area contributed by atoms with Gasteiger partial charge in [-0.15, -0.1) is 0 Å². The second kappa shape index (κ2) is 10.9. The number of hydrogen-bond donors (Lipinski definition) is 1. The summed E-state index contributed by atoms with van der Waals surface area (Å²) in [7, 11) is 3.51. The first-order valence-corrected chi connectivity index (χ1v) is 9.83. The molecule has 162 valence electrons. The number of aromatic nitrogens is 2. The highest BCUT2D eigenvalue weighted by Crippen LogP contribution is 2.23. The van der Waals surface area contributed by atoms with E-state index in [1.54, 1.807) is 25.3 Å². The summed E-state index contributed by atoms with van der Waals surface area (Å²) < 4.78 is 16.0. The molecule has 31 heavy (non-hydrogen) atoms. The van der Waals surface area contributed by atoms with Crippen molar-refractivity contribution in [1.82, 2.24) is 15.0 Å². The summed E-state index contributed by atoms with van der Waals surface area (Å²) in [5.74, 6) is 1.93. The molecule has 0 aliphatic carbocycles. The first-order chi connectivity index (χ1) is 15.1. The van der Waals surface area contributed by atoms with Gasteiger partial charge in [0.25, 0.3) is 0 Å². The minimum atomic E-state index is -0.246. The molecule has 1 aromatic heterocycles. The van der Waals surface area contributed by atoms with Gasteiger partial charge in [-0.3, -0.25) is 9.69 Å². The Kier molecular flexibility index (Phi) is 7.78. The van der Waals surface area contributed by atoms with Crippen LogP contribution in [0.2, 0.25) is 0 Å². The highest BCUT2D eigenvalue weighted by Gasteiger charge is 2.14. The van der Waals surface area contributed by atoms with Gasteiger partial charge in [-0.25, -0.2) is 0 Å². The number of anilines is 1. The number of carbonyl (C=O) groups excluding carboxylic acids is 1. The predicted molar refractivity (Wildman–Crippen MR) is 117 cm³/mol. The summed E-state index contributed by atoms with van der Waals surface area (Å²) >= 11 is 0. The van der Waals surface area contributed by atoms with Gasteiger partial charge in [-0.1, -0.05) is 42.1 Å². The van der Waals surface area contributed by atoms with Gasteiger partial charge in [0.05, 0.1) is 25.8 Å². The van der Waals surface area contributed by atoms with E-state index in [4.69, 9.17) is 14.0 Å². The van der Waals surface area contributed by atoms with E-state index < -0.39 is 0 Å². The monoisotopic (exact) mass is 422 g/mol. The first kappa shape index (κ1) is 22.0. The lowest BCUT2D eigenvalue weighted by Gasteiger charge is -2.14. The number of amides is 1. The minimum Gasteiger partial charge on any atom is -0.495 e. The Labute approximate surface area is 181 Å². The molecule has 0 aliphatic rings. The van der Waals surface area contributed by atoms with Crippen LogP contribution in [0.1, 0.15) is 17.3 Å². The quantitative estimate of drug-likeness (QED) is 0.473. The molecule has 3 aromatic rings. The molecule has 2 aromatic carbocycles. The predicted octanol–water partition coefficient (Wildman–Crippen LogP) is 3.46. The van der Waals surface area contributed by atoms with Crippen molar-refractivity contribution in [2.45, 2.75) is 19.5 Å². The van der Waals surface area contributed by atoms with Crippen LogP contribution < -0.4 is 14.8 Å². The van der Waals surface area contributed by atoms with E-state index in [0.29, 0.717) is 42.8 Å². The third-order valence-corrected chi connectivity index (χ3v) is 4.36. The van der Waals surface area contributed by atoms with Crippen molar-refractivity contribution in [2.75, 3.05) is 26.1 Å². The summed E-state index contributed by atoms with van der Waals surface area (Å²) in [6.07, 6.45) is 1.72. The highest BCUT2D eigenvalue weighted by atomic mass is 16.5. The molecular formula is C23H26N4O4. The third-order valence-electron chi connectivity index (χ3n) is 4.36. The maximum Gasteiger partial charge on any atom is 0.240 e. The maximum absolute atomic E-state index is 12.3. The van der Waals surface area contributed by atoms with E-state index in [1.165, 1.54) is 0 Å². The summed E-state index contributed by atoms with van der Waals surface area (Å²) in [6, 6.07) is 15.1. The van der Waals surface area contributed by atoms with Crippen LogP contribution in [0.15, 0.2) is 65.7 Å². The Morgan fingerprint density at radius 3 is 2.71 bits per heavy atom. The molecule has 1 amide bonds. The van der Waals surface area contributed by atoms with Crippen LogP contribution in [0.5, 0.6) is 11.5 Å². The third kappa shape index (κ3) is 6.68. The van der Waals surface area contributed by atoms with Gasteiger partial charge < -0.3 is 19.3 Å². The standard InChI is InChI=1S/C23H26N4O4/c1-4-13-30-18-11-9-17(10-12-18)15-27(2)16-23-25-21(26-31-23)14-22(28)24-19-7-5-6-8-20(19)29-3/h4-12H,1,13-16H2,2-3H3,(H,24,28). The molecule has 8 nitrogen and oxygen atoms in total. The number of methoxy groups -OCH3 is 1. The fourth-order valence-electron chi connectivity index (χ4n) is 2.96. The lowest BCUT2D eigenvalue weighted by molar-refractivity contribution is -0.115. The number of nitrogens with one attached hydrogen (secondary N) is 1. The number of hydrogen-bond acceptors (Lipinski definition) is 7. The first-order valence-electron chi connectivity index (χ1n) is 9.83. The summed E-state index contributed by atoms with van der Waals surface area (Å²) in [5.41, 5.74) is 1.73. The van der Waals surface area contributed by atoms with Crippen LogP contribution >= 0.6 is 0 Å². The minimum absolute atomic E-state index is 0.0113. The van der Waals surface area contributed by atoms with E-state index in [-0.39, 0.29) is 12.3 Å². The zero-order chi connectivity index (χ0) is 22.1. The normalized spacial score (nSPS) is 10.7. The molecule has 0 atom stereocenters. The molecule has 0 unspecified atom stereocenters. The molecule has 0 saturated heterocycles.